The van der Waals surface area contributed by atoms with Crippen molar-refractivity contribution in [3.63, 3.8) is 0 Å². The minimum Gasteiger partial charge on any atom is -0.376 e. The molecule has 22 heavy (non-hydrogen) atoms. The fraction of sp³-hybridized carbons (Fsp3) is 0.929. The molecule has 2 heterocycles. The third kappa shape index (κ3) is 5.10. The van der Waals surface area contributed by atoms with Crippen LogP contribution in [0.15, 0.2) is 0 Å². The van der Waals surface area contributed by atoms with E-state index in [1.54, 1.807) is 4.90 Å². The van der Waals surface area contributed by atoms with Crippen molar-refractivity contribution in [2.45, 2.75) is 57.2 Å². The van der Waals surface area contributed by atoms with E-state index >= 15 is 0 Å². The van der Waals surface area contributed by atoms with Gasteiger partial charge in [-0.1, -0.05) is 0 Å². The van der Waals surface area contributed by atoms with Gasteiger partial charge in [0.25, 0.3) is 0 Å². The topological polar surface area (TPSA) is 87.7 Å². The van der Waals surface area contributed by atoms with Crippen molar-refractivity contribution in [3.05, 3.63) is 0 Å². The zero-order chi connectivity index (χ0) is 16.2. The first-order chi connectivity index (χ1) is 10.4. The summed E-state index contributed by atoms with van der Waals surface area (Å²) < 4.78 is 30.6. The van der Waals surface area contributed by atoms with Crippen molar-refractivity contribution in [2.75, 3.05) is 26.0 Å². The third-order valence-electron chi connectivity index (χ3n) is 4.34. The molecule has 7 nitrogen and oxygen atoms in total. The Balaban J connectivity index is 1.89. The normalized spacial score (nSPS) is 27.6. The van der Waals surface area contributed by atoms with Gasteiger partial charge in [0.1, 0.15) is 0 Å². The first kappa shape index (κ1) is 17.5. The van der Waals surface area contributed by atoms with E-state index in [0.717, 1.165) is 45.0 Å². The van der Waals surface area contributed by atoms with Crippen molar-refractivity contribution in [1.29, 1.82) is 0 Å². The summed E-state index contributed by atoms with van der Waals surface area (Å²) >= 11 is 0. The van der Waals surface area contributed by atoms with E-state index in [1.807, 2.05) is 6.92 Å². The van der Waals surface area contributed by atoms with E-state index in [4.69, 9.17) is 4.74 Å². The van der Waals surface area contributed by atoms with Crippen LogP contribution in [-0.4, -0.2) is 63.5 Å². The Morgan fingerprint density at radius 3 is 2.73 bits per heavy atom. The van der Waals surface area contributed by atoms with E-state index in [-0.39, 0.29) is 30.8 Å². The number of amides is 2. The van der Waals surface area contributed by atoms with Crippen LogP contribution in [0.3, 0.4) is 0 Å². The number of likely N-dealkylation sites (tertiary alicyclic amines) is 1. The maximum absolute atomic E-state index is 12.5. The van der Waals surface area contributed by atoms with Gasteiger partial charge in [-0.25, -0.2) is 17.9 Å². The van der Waals surface area contributed by atoms with Gasteiger partial charge in [-0.3, -0.25) is 0 Å². The minimum absolute atomic E-state index is 0.0274. The van der Waals surface area contributed by atoms with E-state index in [1.165, 1.54) is 0 Å². The maximum Gasteiger partial charge on any atom is 0.317 e. The molecule has 0 spiro atoms. The number of nitrogens with zero attached hydrogens (tertiary/aromatic N) is 1. The molecule has 2 N–H and O–H groups in total. The average molecular weight is 333 g/mol. The number of urea groups is 1. The SMILES string of the molecule is C[C@H](NC(=O)N1CCCC[C@@H]1CNS(C)(=O)=O)[C@@H]1CCCO1. The zero-order valence-electron chi connectivity index (χ0n) is 13.4. The number of piperidine rings is 1. The molecule has 0 radical (unpaired) electrons. The van der Waals surface area contributed by atoms with E-state index < -0.39 is 10.0 Å². The molecule has 2 amide bonds. The van der Waals surface area contributed by atoms with Gasteiger partial charge < -0.3 is 15.0 Å². The van der Waals surface area contributed by atoms with Gasteiger partial charge in [0, 0.05) is 25.7 Å². The summed E-state index contributed by atoms with van der Waals surface area (Å²) in [6, 6.07) is -0.233. The molecule has 0 aromatic rings. The molecule has 128 valence electrons. The first-order valence-corrected chi connectivity index (χ1v) is 9.89. The second kappa shape index (κ2) is 7.61. The molecule has 8 heteroatoms. The summed E-state index contributed by atoms with van der Waals surface area (Å²) in [4.78, 5) is 14.2. The quantitative estimate of drug-likeness (QED) is 0.774. The summed E-state index contributed by atoms with van der Waals surface area (Å²) in [6.07, 6.45) is 6.03. The largest absolute Gasteiger partial charge is 0.376 e. The number of carbonyl (C=O) groups excluding carboxylic acids is 1. The highest BCUT2D eigenvalue weighted by molar-refractivity contribution is 7.88. The molecule has 0 aromatic heterocycles. The summed E-state index contributed by atoms with van der Waals surface area (Å²) in [5.41, 5.74) is 0. The monoisotopic (exact) mass is 333 g/mol. The van der Waals surface area contributed by atoms with Crippen LogP contribution in [-0.2, 0) is 14.8 Å². The van der Waals surface area contributed by atoms with Crippen molar-refractivity contribution in [1.82, 2.24) is 14.9 Å². The number of carbonyl (C=O) groups is 1. The fourth-order valence-corrected chi connectivity index (χ4v) is 3.59. The van der Waals surface area contributed by atoms with Gasteiger partial charge in [-0.15, -0.1) is 0 Å². The Labute approximate surface area is 132 Å². The predicted molar refractivity (Wildman–Crippen MR) is 84.2 cm³/mol. The third-order valence-corrected chi connectivity index (χ3v) is 5.03. The lowest BCUT2D eigenvalue weighted by Crippen LogP contribution is -2.55. The predicted octanol–water partition coefficient (Wildman–Crippen LogP) is 0.667. The Bertz CT molecular complexity index is 476. The summed E-state index contributed by atoms with van der Waals surface area (Å²) in [5.74, 6) is 0. The number of rotatable bonds is 5. The lowest BCUT2D eigenvalue weighted by molar-refractivity contribution is 0.0801. The van der Waals surface area contributed by atoms with Crippen molar-refractivity contribution < 1.29 is 17.9 Å². The number of nitrogens with one attached hydrogen (secondary N) is 2. The molecule has 2 aliphatic rings. The second-order valence-corrected chi connectivity index (χ2v) is 8.09. The van der Waals surface area contributed by atoms with E-state index in [2.05, 4.69) is 10.0 Å². The van der Waals surface area contributed by atoms with Crippen LogP contribution in [0.25, 0.3) is 0 Å². The van der Waals surface area contributed by atoms with Gasteiger partial charge in [0.2, 0.25) is 10.0 Å². The Morgan fingerprint density at radius 1 is 1.32 bits per heavy atom. The number of ether oxygens (including phenoxy) is 1. The highest BCUT2D eigenvalue weighted by atomic mass is 32.2. The molecular weight excluding hydrogens is 306 g/mol. The minimum atomic E-state index is -3.24. The van der Waals surface area contributed by atoms with Gasteiger partial charge in [-0.2, -0.15) is 0 Å². The van der Waals surface area contributed by atoms with E-state index in [0.29, 0.717) is 6.54 Å². The van der Waals surface area contributed by atoms with Crippen molar-refractivity contribution >= 4 is 16.1 Å². The number of hydrogen-bond acceptors (Lipinski definition) is 4. The van der Waals surface area contributed by atoms with Crippen molar-refractivity contribution in [2.24, 2.45) is 0 Å². The summed E-state index contributed by atoms with van der Waals surface area (Å²) in [5, 5.41) is 3.00. The van der Waals surface area contributed by atoms with Crippen molar-refractivity contribution in [3.8, 4) is 0 Å². The lowest BCUT2D eigenvalue weighted by atomic mass is 10.0. The molecule has 0 unspecified atom stereocenters. The van der Waals surface area contributed by atoms with Crippen LogP contribution >= 0.6 is 0 Å². The van der Waals surface area contributed by atoms with Crippen LogP contribution in [0, 0.1) is 0 Å². The Kier molecular flexibility index (Phi) is 6.05. The summed E-state index contributed by atoms with van der Waals surface area (Å²) in [6.45, 7) is 3.66. The molecule has 2 fully saturated rings. The highest BCUT2D eigenvalue weighted by Crippen LogP contribution is 2.19. The van der Waals surface area contributed by atoms with Gasteiger partial charge in [0.15, 0.2) is 0 Å². The molecular formula is C14H27N3O4S. The van der Waals surface area contributed by atoms with Gasteiger partial charge in [0.05, 0.1) is 18.4 Å². The molecule has 0 saturated carbocycles. The first-order valence-electron chi connectivity index (χ1n) is 8.00. The lowest BCUT2D eigenvalue weighted by Gasteiger charge is -2.37. The smallest absolute Gasteiger partial charge is 0.317 e. The Morgan fingerprint density at radius 2 is 2.09 bits per heavy atom. The zero-order valence-corrected chi connectivity index (χ0v) is 14.2. The van der Waals surface area contributed by atoms with Crippen LogP contribution in [0.5, 0.6) is 0 Å². The van der Waals surface area contributed by atoms with Crippen LogP contribution < -0.4 is 10.0 Å². The maximum atomic E-state index is 12.5. The van der Waals surface area contributed by atoms with Crippen LogP contribution in [0.1, 0.15) is 39.0 Å². The van der Waals surface area contributed by atoms with Crippen LogP contribution in [0.4, 0.5) is 4.79 Å². The standard InChI is InChI=1S/C14H27N3O4S/c1-11(13-7-5-9-21-13)16-14(18)17-8-4-3-6-12(17)10-15-22(2,19)20/h11-13,15H,3-10H2,1-2H3,(H,16,18)/t11-,12+,13-/m0/s1. The molecule has 0 bridgehead atoms. The molecule has 2 rings (SSSR count). The molecule has 2 aliphatic heterocycles. The second-order valence-electron chi connectivity index (χ2n) is 6.25. The molecule has 0 aliphatic carbocycles. The fourth-order valence-electron chi connectivity index (χ4n) is 3.10. The molecule has 2 saturated heterocycles. The number of sulfonamides is 1. The van der Waals surface area contributed by atoms with Gasteiger partial charge >= 0.3 is 6.03 Å². The van der Waals surface area contributed by atoms with Crippen LogP contribution in [0.2, 0.25) is 0 Å². The highest BCUT2D eigenvalue weighted by Gasteiger charge is 2.30. The van der Waals surface area contributed by atoms with Gasteiger partial charge in [-0.05, 0) is 39.0 Å². The average Bonchev–Trinajstić information content (AvgIpc) is 2.99. The molecule has 3 atom stereocenters. The summed E-state index contributed by atoms with van der Waals surface area (Å²) in [7, 11) is -3.24. The Hall–Kier alpha value is -0.860. The molecule has 0 aromatic carbocycles. The van der Waals surface area contributed by atoms with E-state index in [9.17, 15) is 13.2 Å². The number of hydrogen-bond donors (Lipinski definition) is 2.